The summed E-state index contributed by atoms with van der Waals surface area (Å²) in [5, 5.41) is 12.6. The number of carbonyl (C=O) groups is 1. The third-order valence-corrected chi connectivity index (χ3v) is 5.96. The van der Waals surface area contributed by atoms with Crippen LogP contribution in [0.25, 0.3) is 0 Å². The van der Waals surface area contributed by atoms with Crippen LogP contribution in [0.5, 0.6) is 5.88 Å². The third kappa shape index (κ3) is 10.1. The normalized spacial score (nSPS) is 13.3. The number of anilines is 2. The smallest absolute Gasteiger partial charge is 0.227 e. The molecule has 0 radical (unpaired) electrons. The van der Waals surface area contributed by atoms with Crippen molar-refractivity contribution in [3.05, 3.63) is 59.6 Å². The van der Waals surface area contributed by atoms with Crippen molar-refractivity contribution in [2.45, 2.75) is 37.7 Å². The van der Waals surface area contributed by atoms with E-state index >= 15 is 0 Å². The number of carbonyl (C=O) groups excluding carboxylic acids is 1. The molecular formula is C25H35N5O2S2. The van der Waals surface area contributed by atoms with Crippen molar-refractivity contribution in [1.29, 1.82) is 5.41 Å². The molecule has 1 saturated heterocycles. The number of rotatable bonds is 9. The van der Waals surface area contributed by atoms with Crippen molar-refractivity contribution in [3.8, 4) is 5.88 Å². The maximum absolute atomic E-state index is 9.73. The van der Waals surface area contributed by atoms with Crippen LogP contribution in [-0.4, -0.2) is 59.9 Å². The first-order valence-corrected chi connectivity index (χ1v) is 13.1. The number of aldehydes is 1. The summed E-state index contributed by atoms with van der Waals surface area (Å²) in [6.45, 7) is 12.8. The molecule has 0 atom stereocenters. The van der Waals surface area contributed by atoms with Crippen LogP contribution in [0.2, 0.25) is 0 Å². The topological polar surface area (TPSA) is 91.2 Å². The number of piperidine rings is 1. The quantitative estimate of drug-likeness (QED) is 0.187. The molecule has 0 spiro atoms. The number of thioether (sulfide) groups is 2. The van der Waals surface area contributed by atoms with Crippen LogP contribution < -0.4 is 10.1 Å². The van der Waals surface area contributed by atoms with Crippen molar-refractivity contribution in [2.75, 3.05) is 31.7 Å². The maximum atomic E-state index is 9.73. The Morgan fingerprint density at radius 1 is 1.24 bits per heavy atom. The molecule has 0 unspecified atom stereocenters. The highest BCUT2D eigenvalue weighted by Crippen LogP contribution is 2.26. The van der Waals surface area contributed by atoms with Crippen LogP contribution in [0.4, 0.5) is 11.5 Å². The number of benzene rings is 1. The minimum Gasteiger partial charge on any atom is -0.474 e. The number of nitrogens with one attached hydrogen (secondary N) is 2. The Kier molecular flexibility index (Phi) is 14.6. The molecule has 184 valence electrons. The zero-order valence-electron chi connectivity index (χ0n) is 20.4. The number of nitrogens with zero attached hydrogens (tertiary/aromatic N) is 3. The van der Waals surface area contributed by atoms with Crippen LogP contribution in [0, 0.1) is 5.41 Å². The molecule has 9 heteroatoms. The number of hydrogen-bond donors (Lipinski definition) is 2. The first-order chi connectivity index (χ1) is 16.5. The third-order valence-electron chi connectivity index (χ3n) is 4.65. The van der Waals surface area contributed by atoms with Crippen molar-refractivity contribution in [1.82, 2.24) is 14.9 Å². The van der Waals surface area contributed by atoms with Crippen LogP contribution in [-0.2, 0) is 4.79 Å². The first kappa shape index (κ1) is 29.4. The van der Waals surface area contributed by atoms with Gasteiger partial charge in [0.1, 0.15) is 18.2 Å². The largest absolute Gasteiger partial charge is 0.474 e. The summed E-state index contributed by atoms with van der Waals surface area (Å²) in [5.74, 6) is 1.06. The fourth-order valence-electron chi connectivity index (χ4n) is 2.91. The standard InChI is InChI=1S/C18H23N5OS.C5H6OS.C2H6/c1-23-9-7-14(8-10-23)24-18-16(11-19)17(20-12-21-18)22-13-3-5-15(25-2)6-4-13;1-3-7-5(2)4-6;1-2/h3-6,11-12,14,19H,7-10H2,1-2H3,(H,20,21,22);3-4H,1-2H2;1-2H3. The number of aromatic nitrogens is 2. The molecule has 1 fully saturated rings. The number of ether oxygens (including phenoxy) is 1. The van der Waals surface area contributed by atoms with E-state index in [-0.39, 0.29) is 6.10 Å². The maximum Gasteiger partial charge on any atom is 0.227 e. The number of allylic oxidation sites excluding steroid dienone is 1. The Morgan fingerprint density at radius 3 is 2.38 bits per heavy atom. The summed E-state index contributed by atoms with van der Waals surface area (Å²) in [5.41, 5.74) is 1.50. The van der Waals surface area contributed by atoms with E-state index in [2.05, 4.69) is 40.4 Å². The van der Waals surface area contributed by atoms with Gasteiger partial charge in [0.15, 0.2) is 6.29 Å². The van der Waals surface area contributed by atoms with E-state index in [4.69, 9.17) is 10.1 Å². The lowest BCUT2D eigenvalue weighted by molar-refractivity contribution is -0.104. The summed E-state index contributed by atoms with van der Waals surface area (Å²) < 4.78 is 6.07. The van der Waals surface area contributed by atoms with Gasteiger partial charge < -0.3 is 20.4 Å². The average Bonchev–Trinajstić information content (AvgIpc) is 2.88. The van der Waals surface area contributed by atoms with E-state index in [1.54, 1.807) is 17.2 Å². The Labute approximate surface area is 212 Å². The molecule has 0 aliphatic carbocycles. The van der Waals surface area contributed by atoms with Crippen LogP contribution in [0.3, 0.4) is 0 Å². The lowest BCUT2D eigenvalue weighted by Gasteiger charge is -2.29. The molecule has 0 amide bonds. The van der Waals surface area contributed by atoms with Crippen LogP contribution in [0.1, 0.15) is 32.3 Å². The molecule has 0 bridgehead atoms. The first-order valence-electron chi connectivity index (χ1n) is 11.0. The second-order valence-electron chi connectivity index (χ2n) is 6.93. The van der Waals surface area contributed by atoms with E-state index in [9.17, 15) is 4.79 Å². The van der Waals surface area contributed by atoms with E-state index in [1.807, 2.05) is 44.4 Å². The minimum absolute atomic E-state index is 0.138. The molecular weight excluding hydrogens is 466 g/mol. The zero-order chi connectivity index (χ0) is 25.3. The monoisotopic (exact) mass is 501 g/mol. The molecule has 2 N–H and O–H groups in total. The van der Waals surface area contributed by atoms with Gasteiger partial charge >= 0.3 is 0 Å². The van der Waals surface area contributed by atoms with Gasteiger partial charge in [-0.2, -0.15) is 0 Å². The van der Waals surface area contributed by atoms with Gasteiger partial charge in [-0.05, 0) is 55.8 Å². The fourth-order valence-corrected chi connectivity index (χ4v) is 3.59. The Hall–Kier alpha value is -2.62. The molecule has 0 saturated carbocycles. The Morgan fingerprint density at radius 2 is 1.88 bits per heavy atom. The van der Waals surface area contributed by atoms with E-state index in [0.717, 1.165) is 31.6 Å². The zero-order valence-corrected chi connectivity index (χ0v) is 22.0. The highest BCUT2D eigenvalue weighted by molar-refractivity contribution is 8.06. The predicted octanol–water partition coefficient (Wildman–Crippen LogP) is 6.01. The molecule has 1 aliphatic heterocycles. The highest BCUT2D eigenvalue weighted by Gasteiger charge is 2.21. The van der Waals surface area contributed by atoms with Gasteiger partial charge in [0.2, 0.25) is 5.88 Å². The second kappa shape index (κ2) is 16.9. The average molecular weight is 502 g/mol. The summed E-state index contributed by atoms with van der Waals surface area (Å²) in [7, 11) is 2.12. The van der Waals surface area contributed by atoms with Crippen molar-refractivity contribution >= 4 is 47.5 Å². The van der Waals surface area contributed by atoms with Gasteiger partial charge in [0.05, 0.1) is 5.56 Å². The molecule has 7 nitrogen and oxygen atoms in total. The Bertz CT molecular complexity index is 914. The van der Waals surface area contributed by atoms with Crippen LogP contribution in [0.15, 0.2) is 59.0 Å². The molecule has 34 heavy (non-hydrogen) atoms. The molecule has 1 aliphatic rings. The van der Waals surface area contributed by atoms with Gasteiger partial charge in [-0.25, -0.2) is 9.97 Å². The van der Waals surface area contributed by atoms with E-state index in [1.165, 1.54) is 29.2 Å². The minimum atomic E-state index is 0.138. The lowest BCUT2D eigenvalue weighted by atomic mass is 10.1. The molecule has 2 heterocycles. The van der Waals surface area contributed by atoms with E-state index in [0.29, 0.717) is 28.5 Å². The highest BCUT2D eigenvalue weighted by atomic mass is 32.2. The van der Waals surface area contributed by atoms with E-state index < -0.39 is 0 Å². The number of likely N-dealkylation sites (tertiary alicyclic amines) is 1. The molecule has 2 aromatic rings. The van der Waals surface area contributed by atoms with Crippen molar-refractivity contribution in [2.24, 2.45) is 0 Å². The van der Waals surface area contributed by atoms with Crippen LogP contribution >= 0.6 is 23.5 Å². The van der Waals surface area contributed by atoms with Gasteiger partial charge in [-0.1, -0.05) is 38.8 Å². The Balaban J connectivity index is 0.000000553. The van der Waals surface area contributed by atoms with Crippen molar-refractivity contribution in [3.63, 3.8) is 0 Å². The molecule has 1 aromatic heterocycles. The van der Waals surface area contributed by atoms with Crippen molar-refractivity contribution < 1.29 is 9.53 Å². The number of hydrogen-bond acceptors (Lipinski definition) is 9. The van der Waals surface area contributed by atoms with Gasteiger partial charge in [-0.15, -0.1) is 11.8 Å². The summed E-state index contributed by atoms with van der Waals surface area (Å²) in [6, 6.07) is 8.10. The molecule has 1 aromatic carbocycles. The summed E-state index contributed by atoms with van der Waals surface area (Å²) >= 11 is 2.93. The lowest BCUT2D eigenvalue weighted by Crippen LogP contribution is -2.36. The summed E-state index contributed by atoms with van der Waals surface area (Å²) in [4.78, 5) is 22.3. The second-order valence-corrected chi connectivity index (χ2v) is 8.90. The molecule has 3 rings (SSSR count). The van der Waals surface area contributed by atoms with Gasteiger partial charge in [0.25, 0.3) is 0 Å². The fraction of sp³-hybridized carbons (Fsp3) is 0.360. The SMILES string of the molecule is C=CSC(=C)C=O.CC.CSc1ccc(Nc2ncnc(OC3CCN(C)CC3)c2C=N)cc1. The van der Waals surface area contributed by atoms with Gasteiger partial charge in [-0.3, -0.25) is 4.79 Å². The van der Waals surface area contributed by atoms with Gasteiger partial charge in [0, 0.05) is 34.8 Å². The predicted molar refractivity (Wildman–Crippen MR) is 147 cm³/mol. The summed E-state index contributed by atoms with van der Waals surface area (Å²) in [6.07, 6.45) is 7.56.